The summed E-state index contributed by atoms with van der Waals surface area (Å²) < 4.78 is 11.5. The Morgan fingerprint density at radius 3 is 2.43 bits per heavy atom. The number of allylic oxidation sites excluding steroid dienone is 1. The van der Waals surface area contributed by atoms with Gasteiger partial charge in [-0.25, -0.2) is 0 Å². The number of rotatable bonds is 4. The van der Waals surface area contributed by atoms with Crippen molar-refractivity contribution in [1.29, 1.82) is 0 Å². The van der Waals surface area contributed by atoms with Crippen LogP contribution in [-0.4, -0.2) is 65.4 Å². The highest BCUT2D eigenvalue weighted by molar-refractivity contribution is 6.78. The summed E-state index contributed by atoms with van der Waals surface area (Å²) in [6, 6.07) is 8.89. The zero-order valence-electron chi connectivity index (χ0n) is 22.2. The van der Waals surface area contributed by atoms with Crippen LogP contribution in [0, 0.1) is 22.7 Å². The molecule has 5 rings (SSSR count). The minimum atomic E-state index is -1.44. The molecule has 2 bridgehead atoms. The fourth-order valence-electron chi connectivity index (χ4n) is 7.84. The Hall–Kier alpha value is -2.29. The van der Waals surface area contributed by atoms with Gasteiger partial charge in [-0.05, 0) is 44.0 Å². The van der Waals surface area contributed by atoms with E-state index in [4.69, 9.17) is 9.47 Å². The molecule has 8 heteroatoms. The first-order valence-electron chi connectivity index (χ1n) is 13.2. The van der Waals surface area contributed by atoms with E-state index in [1.807, 2.05) is 26.8 Å². The predicted octanol–water partition coefficient (Wildman–Crippen LogP) is 3.10. The molecule has 3 aliphatic carbocycles. The van der Waals surface area contributed by atoms with Gasteiger partial charge in [-0.3, -0.25) is 9.59 Å². The average molecular weight is 507 g/mol. The van der Waals surface area contributed by atoms with Crippen molar-refractivity contribution in [3.05, 3.63) is 47.0 Å². The molecule has 1 saturated heterocycles. The van der Waals surface area contributed by atoms with Gasteiger partial charge in [-0.15, -0.1) is 0 Å². The van der Waals surface area contributed by atoms with Gasteiger partial charge in [-0.1, -0.05) is 49.8 Å². The van der Waals surface area contributed by atoms with E-state index < -0.39 is 46.3 Å². The first-order chi connectivity index (χ1) is 17.3. The van der Waals surface area contributed by atoms with E-state index in [1.54, 1.807) is 38.5 Å². The van der Waals surface area contributed by atoms with Crippen LogP contribution in [0.1, 0.15) is 64.2 Å². The van der Waals surface area contributed by atoms with Crippen LogP contribution in [-0.2, 0) is 19.1 Å². The number of esters is 1. The Bertz CT molecular complexity index is 1160. The van der Waals surface area contributed by atoms with Crippen molar-refractivity contribution in [2.45, 2.75) is 83.6 Å². The highest BCUT2D eigenvalue weighted by Gasteiger charge is 2.70. The predicted molar refractivity (Wildman–Crippen MR) is 137 cm³/mol. The van der Waals surface area contributed by atoms with Gasteiger partial charge >= 0.3 is 5.97 Å². The van der Waals surface area contributed by atoms with Crippen molar-refractivity contribution in [3.8, 4) is 0 Å². The maximum Gasteiger partial charge on any atom is 0.303 e. The maximum absolute atomic E-state index is 14.5. The normalized spacial score (nSPS) is 40.4. The highest BCUT2D eigenvalue weighted by Crippen LogP contribution is 2.65. The summed E-state index contributed by atoms with van der Waals surface area (Å²) in [6.45, 7) is 9.02. The smallest absolute Gasteiger partial charge is 0.303 e. The van der Waals surface area contributed by atoms with Gasteiger partial charge in [0, 0.05) is 30.2 Å². The number of hydrogen-bond donors (Lipinski definition) is 2. The van der Waals surface area contributed by atoms with E-state index >= 15 is 0 Å². The number of Topliss-reactive ketones (excluding diaryl/α,β-unsaturated/α-hetero) is 1. The molecule has 4 aliphatic rings. The molecule has 197 valence electrons. The molecule has 7 unspecified atom stereocenters. The second-order valence-electron chi connectivity index (χ2n) is 12.1. The molecule has 0 spiro atoms. The van der Waals surface area contributed by atoms with Crippen LogP contribution in [0.15, 0.2) is 41.5 Å². The molecule has 37 heavy (non-hydrogen) atoms. The molecule has 1 aliphatic heterocycles. The molecule has 1 aromatic carbocycles. The molecule has 2 N–H and O–H groups in total. The number of aliphatic hydroxyl groups is 2. The number of carbonyl (C=O) groups is 3. The number of ketones is 1. The van der Waals surface area contributed by atoms with Crippen molar-refractivity contribution in [2.75, 3.05) is 6.61 Å². The van der Waals surface area contributed by atoms with E-state index in [1.165, 1.54) is 6.92 Å². The van der Waals surface area contributed by atoms with Crippen molar-refractivity contribution in [1.82, 2.24) is 0 Å². The summed E-state index contributed by atoms with van der Waals surface area (Å²) >= 11 is 0. The lowest BCUT2D eigenvalue weighted by atomic mass is 9.35. The van der Waals surface area contributed by atoms with Crippen LogP contribution >= 0.6 is 0 Å². The van der Waals surface area contributed by atoms with Crippen molar-refractivity contribution in [2.24, 2.45) is 22.7 Å². The Kier molecular flexibility index (Phi) is 6.32. The van der Waals surface area contributed by atoms with Gasteiger partial charge in [0.25, 0.3) is 0 Å². The standard InChI is InChI=1S/C29H36BO7/c1-15-11-12-29(35)24(30-26(34)17-9-7-6-8-10-17)22-18-14-36-19(18)13-20(32)28(22,5)25(33)23(37-16(2)31)21(15)27(29,3)4/h6-10,18-20,22-24,32,35H,11-14H2,1-5H3/t18?,19?,20?,22?,23?,24-,28?,29?/m0/s1. The topological polar surface area (TPSA) is 110 Å². The van der Waals surface area contributed by atoms with Gasteiger partial charge in [-0.2, -0.15) is 0 Å². The molecular weight excluding hydrogens is 471 g/mol. The first-order valence-corrected chi connectivity index (χ1v) is 13.2. The third-order valence-electron chi connectivity index (χ3n) is 10.0. The largest absolute Gasteiger partial charge is 0.450 e. The lowest BCUT2D eigenvalue weighted by Gasteiger charge is -2.65. The van der Waals surface area contributed by atoms with E-state index in [0.717, 1.165) is 5.57 Å². The van der Waals surface area contributed by atoms with Crippen LogP contribution in [0.25, 0.3) is 0 Å². The van der Waals surface area contributed by atoms with Gasteiger partial charge in [0.2, 0.25) is 7.28 Å². The lowest BCUT2D eigenvalue weighted by Crippen LogP contribution is -2.71. The van der Waals surface area contributed by atoms with E-state index in [9.17, 15) is 24.6 Å². The maximum atomic E-state index is 14.5. The summed E-state index contributed by atoms with van der Waals surface area (Å²) in [4.78, 5) is 40.4. The van der Waals surface area contributed by atoms with Crippen LogP contribution in [0.5, 0.6) is 0 Å². The zero-order valence-corrected chi connectivity index (χ0v) is 22.2. The monoisotopic (exact) mass is 507 g/mol. The molecule has 1 radical (unpaired) electrons. The Morgan fingerprint density at radius 2 is 1.84 bits per heavy atom. The molecule has 0 amide bonds. The summed E-state index contributed by atoms with van der Waals surface area (Å²) in [5.74, 6) is -2.42. The quantitative estimate of drug-likeness (QED) is 0.366. The molecule has 8 atom stereocenters. The number of hydrogen-bond acceptors (Lipinski definition) is 7. The number of ether oxygens (including phenoxy) is 2. The lowest BCUT2D eigenvalue weighted by molar-refractivity contribution is -0.242. The summed E-state index contributed by atoms with van der Waals surface area (Å²) in [7, 11) is 1.59. The fourth-order valence-corrected chi connectivity index (χ4v) is 7.84. The van der Waals surface area contributed by atoms with Crippen LogP contribution in [0.4, 0.5) is 0 Å². The van der Waals surface area contributed by atoms with Gasteiger partial charge in [0.05, 0.1) is 29.8 Å². The second kappa shape index (κ2) is 8.89. The molecule has 3 fully saturated rings. The summed E-state index contributed by atoms with van der Waals surface area (Å²) in [6.07, 6.45) is -1.41. The van der Waals surface area contributed by atoms with Crippen LogP contribution in [0.3, 0.4) is 0 Å². The number of aliphatic hydroxyl groups excluding tert-OH is 1. The van der Waals surface area contributed by atoms with Crippen molar-refractivity contribution >= 4 is 24.7 Å². The molecule has 2 saturated carbocycles. The molecular formula is C29H36BO7. The molecule has 1 heterocycles. The third-order valence-corrected chi connectivity index (χ3v) is 10.0. The average Bonchev–Trinajstić information content (AvgIpc) is 2.83. The Balaban J connectivity index is 1.74. The van der Waals surface area contributed by atoms with Crippen LogP contribution in [0.2, 0.25) is 5.82 Å². The highest BCUT2D eigenvalue weighted by atomic mass is 16.5. The summed E-state index contributed by atoms with van der Waals surface area (Å²) in [5, 5.41) is 24.2. The Labute approximate surface area is 218 Å². The van der Waals surface area contributed by atoms with Crippen molar-refractivity contribution < 1.29 is 34.1 Å². The third kappa shape index (κ3) is 3.70. The molecule has 0 aromatic heterocycles. The Morgan fingerprint density at radius 1 is 1.16 bits per heavy atom. The van der Waals surface area contributed by atoms with Crippen molar-refractivity contribution in [3.63, 3.8) is 0 Å². The van der Waals surface area contributed by atoms with Crippen LogP contribution < -0.4 is 0 Å². The summed E-state index contributed by atoms with van der Waals surface area (Å²) in [5.41, 5.74) is -2.06. The number of fused-ring (bicyclic) bond motifs is 5. The number of benzene rings is 1. The number of carbonyl (C=O) groups excluding carboxylic acids is 3. The first kappa shape index (κ1) is 26.3. The molecule has 1 aromatic rings. The fraction of sp³-hybridized carbons (Fsp3) is 0.621. The van der Waals surface area contributed by atoms with Gasteiger partial charge in [0.15, 0.2) is 11.9 Å². The SMILES string of the molecule is CC(=O)OC1C(=O)C2(C)C(O)CC3OCC3C2[C@H]([B]C(=O)c2ccccc2)C2(O)CCC(C)=C1C2(C)C. The van der Waals surface area contributed by atoms with E-state index in [-0.39, 0.29) is 29.9 Å². The zero-order chi connectivity index (χ0) is 26.9. The van der Waals surface area contributed by atoms with Gasteiger partial charge in [0.1, 0.15) is 5.68 Å². The van der Waals surface area contributed by atoms with Gasteiger partial charge < -0.3 is 24.5 Å². The molecule has 7 nitrogen and oxygen atoms in total. The second-order valence-corrected chi connectivity index (χ2v) is 12.1. The minimum Gasteiger partial charge on any atom is -0.450 e. The van der Waals surface area contributed by atoms with E-state index in [2.05, 4.69) is 0 Å². The minimum absolute atomic E-state index is 0.131. The van der Waals surface area contributed by atoms with E-state index in [0.29, 0.717) is 30.6 Å².